The van der Waals surface area contributed by atoms with Crippen LogP contribution in [-0.4, -0.2) is 58.3 Å². The summed E-state index contributed by atoms with van der Waals surface area (Å²) in [5.41, 5.74) is 6.32. The standard InChI is InChI=1S/C17H41NO4Si2/c1-16(2,3)23(7,8)21-12-13(18)15(14(20)11-19)22-24(9,10)17(4,5)6/h13-15,19-20H,11-12,18H2,1-10H3/t13-,14-,15-/m1/s1. The maximum absolute atomic E-state index is 10.2. The van der Waals surface area contributed by atoms with Gasteiger partial charge in [-0.1, -0.05) is 41.5 Å². The molecule has 0 aliphatic rings. The summed E-state index contributed by atoms with van der Waals surface area (Å²) in [6.45, 7) is 21.5. The summed E-state index contributed by atoms with van der Waals surface area (Å²) >= 11 is 0. The molecule has 0 aliphatic carbocycles. The van der Waals surface area contributed by atoms with Crippen molar-refractivity contribution in [3.05, 3.63) is 0 Å². The second-order valence-electron chi connectivity index (χ2n) is 9.83. The Labute approximate surface area is 151 Å². The minimum Gasteiger partial charge on any atom is -0.415 e. The lowest BCUT2D eigenvalue weighted by molar-refractivity contribution is -0.0259. The number of hydrogen-bond acceptors (Lipinski definition) is 5. The van der Waals surface area contributed by atoms with E-state index < -0.39 is 34.9 Å². The van der Waals surface area contributed by atoms with Gasteiger partial charge in [-0.15, -0.1) is 0 Å². The zero-order chi connectivity index (χ0) is 19.6. The average Bonchev–Trinajstić information content (AvgIpc) is 2.38. The third-order valence-corrected chi connectivity index (χ3v) is 14.6. The van der Waals surface area contributed by atoms with Crippen molar-refractivity contribution in [2.45, 2.75) is 96.1 Å². The van der Waals surface area contributed by atoms with E-state index in [9.17, 15) is 10.2 Å². The topological polar surface area (TPSA) is 84.9 Å². The second kappa shape index (κ2) is 8.28. The van der Waals surface area contributed by atoms with Crippen LogP contribution in [0.25, 0.3) is 0 Å². The molecule has 0 fully saturated rings. The zero-order valence-corrected chi connectivity index (χ0v) is 19.4. The Kier molecular flexibility index (Phi) is 8.37. The van der Waals surface area contributed by atoms with Crippen molar-refractivity contribution in [1.82, 2.24) is 0 Å². The van der Waals surface area contributed by atoms with Crippen LogP contribution in [-0.2, 0) is 8.85 Å². The van der Waals surface area contributed by atoms with Gasteiger partial charge in [-0.2, -0.15) is 0 Å². The van der Waals surface area contributed by atoms with Crippen molar-refractivity contribution in [2.75, 3.05) is 13.2 Å². The van der Waals surface area contributed by atoms with Crippen LogP contribution in [0.4, 0.5) is 0 Å². The SMILES string of the molecule is CC(C)(C)[Si](C)(C)OC[C@@H](N)[C@@H](O[Si](C)(C)C(C)(C)C)[C@H](O)CO. The fourth-order valence-corrected chi connectivity index (χ4v) is 4.10. The summed E-state index contributed by atoms with van der Waals surface area (Å²) in [5, 5.41) is 19.7. The van der Waals surface area contributed by atoms with Crippen LogP contribution in [0.2, 0.25) is 36.3 Å². The Bertz CT molecular complexity index is 389. The lowest BCUT2D eigenvalue weighted by atomic mass is 10.1. The summed E-state index contributed by atoms with van der Waals surface area (Å²) in [7, 11) is -4.04. The van der Waals surface area contributed by atoms with Gasteiger partial charge >= 0.3 is 0 Å². The summed E-state index contributed by atoms with van der Waals surface area (Å²) in [4.78, 5) is 0. The van der Waals surface area contributed by atoms with Crippen molar-refractivity contribution in [3.63, 3.8) is 0 Å². The average molecular weight is 380 g/mol. The molecule has 0 saturated carbocycles. The molecule has 0 heterocycles. The minimum absolute atomic E-state index is 0.000430. The van der Waals surface area contributed by atoms with E-state index >= 15 is 0 Å². The van der Waals surface area contributed by atoms with Gasteiger partial charge in [0.2, 0.25) is 0 Å². The van der Waals surface area contributed by atoms with E-state index in [1.54, 1.807) is 0 Å². The number of aliphatic hydroxyl groups excluding tert-OH is 2. The molecule has 4 N–H and O–H groups in total. The summed E-state index contributed by atoms with van der Waals surface area (Å²) in [6, 6.07) is -0.476. The van der Waals surface area contributed by atoms with Crippen molar-refractivity contribution in [2.24, 2.45) is 5.73 Å². The van der Waals surface area contributed by atoms with Gasteiger partial charge in [0.15, 0.2) is 16.6 Å². The summed E-state index contributed by atoms with van der Waals surface area (Å²) in [5.74, 6) is 0. The highest BCUT2D eigenvalue weighted by Crippen LogP contribution is 2.39. The summed E-state index contributed by atoms with van der Waals surface area (Å²) in [6.07, 6.45) is -1.63. The molecule has 0 spiro atoms. The largest absolute Gasteiger partial charge is 0.415 e. The van der Waals surface area contributed by atoms with Gasteiger partial charge in [-0.25, -0.2) is 0 Å². The van der Waals surface area contributed by atoms with Crippen molar-refractivity contribution in [1.29, 1.82) is 0 Å². The molecular formula is C17H41NO4Si2. The van der Waals surface area contributed by atoms with Gasteiger partial charge in [0.05, 0.1) is 25.4 Å². The van der Waals surface area contributed by atoms with E-state index in [1.807, 2.05) is 0 Å². The van der Waals surface area contributed by atoms with Crippen LogP contribution in [0.15, 0.2) is 0 Å². The highest BCUT2D eigenvalue weighted by Gasteiger charge is 2.43. The molecule has 146 valence electrons. The highest BCUT2D eigenvalue weighted by molar-refractivity contribution is 6.74. The molecule has 0 unspecified atom stereocenters. The molecule has 5 nitrogen and oxygen atoms in total. The van der Waals surface area contributed by atoms with Gasteiger partial charge in [0, 0.05) is 0 Å². The molecule has 0 aromatic rings. The lowest BCUT2D eigenvalue weighted by Gasteiger charge is -2.43. The van der Waals surface area contributed by atoms with Crippen molar-refractivity contribution >= 4 is 16.6 Å². The molecule has 0 aromatic carbocycles. The molecular weight excluding hydrogens is 338 g/mol. The van der Waals surface area contributed by atoms with Crippen LogP contribution in [0.1, 0.15) is 41.5 Å². The Hall–Kier alpha value is 0.234. The predicted octanol–water partition coefficient (Wildman–Crippen LogP) is 3.08. The molecule has 7 heteroatoms. The van der Waals surface area contributed by atoms with Gasteiger partial charge < -0.3 is 24.8 Å². The quantitative estimate of drug-likeness (QED) is 0.564. The smallest absolute Gasteiger partial charge is 0.192 e. The Morgan fingerprint density at radius 2 is 1.33 bits per heavy atom. The first-order valence-electron chi connectivity index (χ1n) is 8.82. The van der Waals surface area contributed by atoms with Crippen LogP contribution in [0, 0.1) is 0 Å². The first kappa shape index (κ1) is 24.2. The third-order valence-electron chi connectivity index (χ3n) is 5.67. The number of nitrogens with two attached hydrogens (primary N) is 1. The van der Waals surface area contributed by atoms with Crippen molar-refractivity contribution in [3.8, 4) is 0 Å². The third kappa shape index (κ3) is 6.51. The molecule has 0 saturated heterocycles. The van der Waals surface area contributed by atoms with Crippen molar-refractivity contribution < 1.29 is 19.1 Å². The Balaban J connectivity index is 5.15. The monoisotopic (exact) mass is 379 g/mol. The van der Waals surface area contributed by atoms with Crippen LogP contribution < -0.4 is 5.73 Å². The predicted molar refractivity (Wildman–Crippen MR) is 106 cm³/mol. The molecule has 24 heavy (non-hydrogen) atoms. The second-order valence-corrected chi connectivity index (χ2v) is 19.4. The minimum atomic E-state index is -2.12. The van der Waals surface area contributed by atoms with Gasteiger partial charge in [-0.3, -0.25) is 0 Å². The van der Waals surface area contributed by atoms with E-state index in [2.05, 4.69) is 67.7 Å². The molecule has 0 radical (unpaired) electrons. The molecule has 3 atom stereocenters. The molecule has 0 amide bonds. The van der Waals surface area contributed by atoms with Crippen LogP contribution >= 0.6 is 0 Å². The number of rotatable bonds is 8. The number of hydrogen-bond donors (Lipinski definition) is 3. The molecule has 0 aliphatic heterocycles. The maximum Gasteiger partial charge on any atom is 0.192 e. The fraction of sp³-hybridized carbons (Fsp3) is 1.00. The van der Waals surface area contributed by atoms with Gasteiger partial charge in [0.1, 0.15) is 6.10 Å². The van der Waals surface area contributed by atoms with E-state index in [-0.39, 0.29) is 16.7 Å². The molecule has 0 bridgehead atoms. The highest BCUT2D eigenvalue weighted by atomic mass is 28.4. The van der Waals surface area contributed by atoms with E-state index in [0.717, 1.165) is 0 Å². The van der Waals surface area contributed by atoms with Gasteiger partial charge in [0.25, 0.3) is 0 Å². The Morgan fingerprint density at radius 3 is 1.67 bits per heavy atom. The van der Waals surface area contributed by atoms with Crippen LogP contribution in [0.5, 0.6) is 0 Å². The molecule has 0 rings (SSSR count). The maximum atomic E-state index is 10.2. The van der Waals surface area contributed by atoms with E-state index in [4.69, 9.17) is 14.6 Å². The zero-order valence-electron chi connectivity index (χ0n) is 17.4. The Morgan fingerprint density at radius 1 is 0.917 bits per heavy atom. The first-order chi connectivity index (χ1) is 10.5. The van der Waals surface area contributed by atoms with Gasteiger partial charge in [-0.05, 0) is 36.3 Å². The summed E-state index contributed by atoms with van der Waals surface area (Å²) < 4.78 is 12.5. The normalized spacial score (nSPS) is 18.4. The van der Waals surface area contributed by atoms with E-state index in [1.165, 1.54) is 0 Å². The number of aliphatic hydroxyl groups is 2. The lowest BCUT2D eigenvalue weighted by Crippen LogP contribution is -2.57. The first-order valence-corrected chi connectivity index (χ1v) is 14.6. The van der Waals surface area contributed by atoms with E-state index in [0.29, 0.717) is 6.61 Å². The fourth-order valence-electron chi connectivity index (χ4n) is 1.69. The molecule has 0 aromatic heterocycles. The van der Waals surface area contributed by atoms with Crippen LogP contribution in [0.3, 0.4) is 0 Å².